The fourth-order valence-electron chi connectivity index (χ4n) is 2.74. The number of imide groups is 1. The average Bonchev–Trinajstić information content (AvgIpc) is 2.95. The molecule has 2 aromatic rings. The SMILES string of the molecule is CCCN1C(=O)S/C(=C/c2cc(I)c(OCc3ccc([N+](=O)[O-])cc3)c(I)c2)C1=O. The molecule has 2 aromatic carbocycles. The number of thioether (sulfide) groups is 1. The first-order valence-electron chi connectivity index (χ1n) is 8.90. The van der Waals surface area contributed by atoms with Crippen LogP contribution in [0.25, 0.3) is 6.08 Å². The molecule has 3 rings (SSSR count). The Kier molecular flexibility index (Phi) is 7.74. The number of benzene rings is 2. The van der Waals surface area contributed by atoms with E-state index in [1.807, 2.05) is 19.1 Å². The number of carbonyl (C=O) groups excluding carboxylic acids is 2. The van der Waals surface area contributed by atoms with E-state index in [2.05, 4.69) is 45.2 Å². The minimum absolute atomic E-state index is 0.0376. The molecule has 0 bridgehead atoms. The Labute approximate surface area is 204 Å². The van der Waals surface area contributed by atoms with Gasteiger partial charge in [-0.1, -0.05) is 6.92 Å². The van der Waals surface area contributed by atoms with Crippen molar-refractivity contribution in [3.05, 3.63) is 69.7 Å². The summed E-state index contributed by atoms with van der Waals surface area (Å²) in [5.74, 6) is 0.446. The number of nitrogens with zero attached hydrogens (tertiary/aromatic N) is 2. The maximum Gasteiger partial charge on any atom is 0.293 e. The maximum absolute atomic E-state index is 12.4. The van der Waals surface area contributed by atoms with E-state index in [-0.39, 0.29) is 23.4 Å². The number of nitro benzene ring substituents is 1. The molecule has 0 atom stereocenters. The molecule has 1 fully saturated rings. The van der Waals surface area contributed by atoms with Crippen LogP contribution >= 0.6 is 56.9 Å². The van der Waals surface area contributed by atoms with Crippen molar-refractivity contribution >= 4 is 79.9 Å². The molecule has 0 unspecified atom stereocenters. The zero-order valence-electron chi connectivity index (χ0n) is 15.8. The maximum atomic E-state index is 12.4. The van der Waals surface area contributed by atoms with Gasteiger partial charge in [0.05, 0.1) is 17.0 Å². The van der Waals surface area contributed by atoms with Gasteiger partial charge in [-0.15, -0.1) is 0 Å². The van der Waals surface area contributed by atoms with E-state index in [1.54, 1.807) is 18.2 Å². The van der Waals surface area contributed by atoms with Crippen molar-refractivity contribution in [3.63, 3.8) is 0 Å². The lowest BCUT2D eigenvalue weighted by Crippen LogP contribution is -2.28. The highest BCUT2D eigenvalue weighted by Crippen LogP contribution is 2.35. The molecule has 0 N–H and O–H groups in total. The predicted molar refractivity (Wildman–Crippen MR) is 132 cm³/mol. The Balaban J connectivity index is 1.75. The lowest BCUT2D eigenvalue weighted by atomic mass is 10.2. The summed E-state index contributed by atoms with van der Waals surface area (Å²) in [6.07, 6.45) is 2.45. The van der Waals surface area contributed by atoms with Crippen LogP contribution < -0.4 is 4.74 Å². The minimum Gasteiger partial charge on any atom is -0.487 e. The predicted octanol–water partition coefficient (Wildman–Crippen LogP) is 5.83. The average molecular weight is 650 g/mol. The van der Waals surface area contributed by atoms with Crippen molar-refractivity contribution in [2.24, 2.45) is 0 Å². The van der Waals surface area contributed by atoms with Gasteiger partial charge in [-0.05, 0) is 105 Å². The van der Waals surface area contributed by atoms with Crippen LogP contribution in [0.2, 0.25) is 0 Å². The van der Waals surface area contributed by atoms with Gasteiger partial charge in [0.2, 0.25) is 0 Å². The third-order valence-corrected chi connectivity index (χ3v) is 6.68. The lowest BCUT2D eigenvalue weighted by molar-refractivity contribution is -0.384. The Hall–Kier alpha value is -1.67. The summed E-state index contributed by atoms with van der Waals surface area (Å²) in [7, 11) is 0. The first kappa shape index (κ1) is 23.0. The van der Waals surface area contributed by atoms with Crippen LogP contribution in [0.5, 0.6) is 5.75 Å². The Morgan fingerprint density at radius 2 is 1.80 bits per heavy atom. The number of nitro groups is 1. The van der Waals surface area contributed by atoms with Crippen molar-refractivity contribution < 1.29 is 19.2 Å². The van der Waals surface area contributed by atoms with E-state index >= 15 is 0 Å². The van der Waals surface area contributed by atoms with Gasteiger partial charge in [0.15, 0.2) is 0 Å². The Bertz CT molecular complexity index is 1020. The van der Waals surface area contributed by atoms with Crippen molar-refractivity contribution in [3.8, 4) is 5.75 Å². The highest BCUT2D eigenvalue weighted by Gasteiger charge is 2.34. The molecule has 0 aromatic heterocycles. The highest BCUT2D eigenvalue weighted by molar-refractivity contribution is 14.1. The van der Waals surface area contributed by atoms with E-state index < -0.39 is 4.92 Å². The zero-order valence-corrected chi connectivity index (χ0v) is 20.9. The molecule has 1 saturated heterocycles. The van der Waals surface area contributed by atoms with Crippen LogP contribution in [-0.2, 0) is 11.4 Å². The second-order valence-corrected chi connectivity index (χ2v) is 9.68. The zero-order chi connectivity index (χ0) is 21.8. The second-order valence-electron chi connectivity index (χ2n) is 6.36. The van der Waals surface area contributed by atoms with Crippen LogP contribution in [0.3, 0.4) is 0 Å². The van der Waals surface area contributed by atoms with Crippen molar-refractivity contribution in [1.82, 2.24) is 4.90 Å². The number of amides is 2. The molecule has 1 heterocycles. The van der Waals surface area contributed by atoms with Gasteiger partial charge in [-0.3, -0.25) is 24.6 Å². The van der Waals surface area contributed by atoms with Crippen molar-refractivity contribution in [2.45, 2.75) is 20.0 Å². The highest BCUT2D eigenvalue weighted by atomic mass is 127. The Morgan fingerprint density at radius 3 is 2.37 bits per heavy atom. The number of halogens is 2. The molecular weight excluding hydrogens is 634 g/mol. The number of rotatable bonds is 7. The van der Waals surface area contributed by atoms with E-state index in [1.165, 1.54) is 17.0 Å². The van der Waals surface area contributed by atoms with Crippen LogP contribution in [0, 0.1) is 17.3 Å². The lowest BCUT2D eigenvalue weighted by Gasteiger charge is -2.12. The fraction of sp³-hybridized carbons (Fsp3) is 0.200. The minimum atomic E-state index is -0.438. The van der Waals surface area contributed by atoms with Crippen molar-refractivity contribution in [1.29, 1.82) is 0 Å². The molecular formula is C20H16I2N2O5S. The van der Waals surface area contributed by atoms with E-state index in [9.17, 15) is 19.7 Å². The molecule has 10 heteroatoms. The molecule has 0 aliphatic carbocycles. The van der Waals surface area contributed by atoms with Gasteiger partial charge >= 0.3 is 0 Å². The van der Waals surface area contributed by atoms with Crippen LogP contribution in [0.15, 0.2) is 41.3 Å². The van der Waals surface area contributed by atoms with Crippen molar-refractivity contribution in [2.75, 3.05) is 6.54 Å². The summed E-state index contributed by atoms with van der Waals surface area (Å²) in [6, 6.07) is 10.0. The topological polar surface area (TPSA) is 89.8 Å². The monoisotopic (exact) mass is 650 g/mol. The second kappa shape index (κ2) is 10.1. The Morgan fingerprint density at radius 1 is 1.17 bits per heavy atom. The number of ether oxygens (including phenoxy) is 1. The summed E-state index contributed by atoms with van der Waals surface area (Å²) in [4.78, 5) is 36.4. The molecule has 2 amide bonds. The molecule has 7 nitrogen and oxygen atoms in total. The van der Waals surface area contributed by atoms with Gasteiger partial charge in [0.25, 0.3) is 16.8 Å². The number of carbonyl (C=O) groups is 2. The first-order chi connectivity index (χ1) is 14.3. The number of hydrogen-bond acceptors (Lipinski definition) is 6. The summed E-state index contributed by atoms with van der Waals surface area (Å²) < 4.78 is 7.65. The third kappa shape index (κ3) is 5.32. The van der Waals surface area contributed by atoms with Gasteiger partial charge in [-0.25, -0.2) is 0 Å². The van der Waals surface area contributed by atoms with Gasteiger partial charge in [0, 0.05) is 18.7 Å². The molecule has 1 aliphatic rings. The summed E-state index contributed by atoms with van der Waals surface area (Å²) in [5.41, 5.74) is 1.67. The molecule has 1 aliphatic heterocycles. The largest absolute Gasteiger partial charge is 0.487 e. The summed E-state index contributed by atoms with van der Waals surface area (Å²) in [6.45, 7) is 2.62. The van der Waals surface area contributed by atoms with Crippen LogP contribution in [0.4, 0.5) is 10.5 Å². The first-order valence-corrected chi connectivity index (χ1v) is 11.9. The summed E-state index contributed by atoms with van der Waals surface area (Å²) >= 11 is 5.29. The van der Waals surface area contributed by atoms with Crippen LogP contribution in [-0.4, -0.2) is 27.5 Å². The van der Waals surface area contributed by atoms with Gasteiger partial charge in [0.1, 0.15) is 12.4 Å². The van der Waals surface area contributed by atoms with E-state index in [0.29, 0.717) is 17.2 Å². The number of non-ortho nitro benzene ring substituents is 1. The van der Waals surface area contributed by atoms with E-state index in [4.69, 9.17) is 4.74 Å². The third-order valence-electron chi connectivity index (χ3n) is 4.17. The summed E-state index contributed by atoms with van der Waals surface area (Å²) in [5, 5.41) is 10.5. The van der Waals surface area contributed by atoms with Gasteiger partial charge < -0.3 is 4.74 Å². The van der Waals surface area contributed by atoms with E-state index in [0.717, 1.165) is 36.4 Å². The molecule has 0 saturated carbocycles. The quantitative estimate of drug-likeness (QED) is 0.162. The molecule has 0 spiro atoms. The standard InChI is InChI=1S/C20H16I2N2O5S/c1-2-7-23-19(25)17(30-20(23)26)10-13-8-15(21)18(16(22)9-13)29-11-12-3-5-14(6-4-12)24(27)28/h3-6,8-10H,2,7,11H2,1H3/b17-10+. The molecule has 30 heavy (non-hydrogen) atoms. The molecule has 0 radical (unpaired) electrons. The smallest absolute Gasteiger partial charge is 0.293 e. The number of hydrogen-bond donors (Lipinski definition) is 0. The molecule has 156 valence electrons. The van der Waals surface area contributed by atoms with Gasteiger partial charge in [-0.2, -0.15) is 0 Å². The van der Waals surface area contributed by atoms with Crippen LogP contribution in [0.1, 0.15) is 24.5 Å². The normalized spacial score (nSPS) is 15.2. The fourth-order valence-corrected chi connectivity index (χ4v) is 5.73.